The van der Waals surface area contributed by atoms with Crippen molar-refractivity contribution in [1.82, 2.24) is 4.98 Å². The van der Waals surface area contributed by atoms with Crippen LogP contribution in [-0.2, 0) is 9.53 Å². The molecule has 0 aliphatic heterocycles. The van der Waals surface area contributed by atoms with Crippen molar-refractivity contribution in [2.24, 2.45) is 0 Å². The molecule has 19 heavy (non-hydrogen) atoms. The highest BCUT2D eigenvalue weighted by Gasteiger charge is 2.22. The molecule has 1 atom stereocenters. The minimum Gasteiger partial charge on any atom is -0.476 e. The Balaban J connectivity index is 2.09. The van der Waals surface area contributed by atoms with Gasteiger partial charge in [-0.15, -0.1) is 0 Å². The molecular formula is C15H15NO3. The molecule has 2 rings (SSSR count). The van der Waals surface area contributed by atoms with Gasteiger partial charge in [-0.1, -0.05) is 36.4 Å². The van der Waals surface area contributed by atoms with Crippen molar-refractivity contribution in [3.8, 4) is 5.88 Å². The van der Waals surface area contributed by atoms with Gasteiger partial charge in [0.05, 0.1) is 7.11 Å². The maximum atomic E-state index is 11.8. The van der Waals surface area contributed by atoms with Crippen LogP contribution in [0.3, 0.4) is 0 Å². The number of hydrogen-bond donors (Lipinski definition) is 0. The molecule has 4 heteroatoms. The molecule has 0 saturated carbocycles. The molecule has 4 nitrogen and oxygen atoms in total. The summed E-state index contributed by atoms with van der Waals surface area (Å²) in [7, 11) is 1.37. The van der Waals surface area contributed by atoms with E-state index in [9.17, 15) is 4.79 Å². The fourth-order valence-electron chi connectivity index (χ4n) is 1.73. The first-order chi connectivity index (χ1) is 9.31. The molecule has 1 aromatic heterocycles. The van der Waals surface area contributed by atoms with Gasteiger partial charge in [-0.25, -0.2) is 4.98 Å². The number of pyridine rings is 1. The van der Waals surface area contributed by atoms with Crippen molar-refractivity contribution in [3.63, 3.8) is 0 Å². The van der Waals surface area contributed by atoms with Gasteiger partial charge in [-0.05, 0) is 11.6 Å². The van der Waals surface area contributed by atoms with Gasteiger partial charge < -0.3 is 9.47 Å². The number of esters is 1. The zero-order valence-corrected chi connectivity index (χ0v) is 10.7. The summed E-state index contributed by atoms with van der Waals surface area (Å²) in [6.45, 7) is 0.202. The van der Waals surface area contributed by atoms with E-state index in [0.29, 0.717) is 5.88 Å². The first kappa shape index (κ1) is 13.1. The van der Waals surface area contributed by atoms with E-state index >= 15 is 0 Å². The zero-order chi connectivity index (χ0) is 13.5. The number of carbonyl (C=O) groups is 1. The van der Waals surface area contributed by atoms with Crippen LogP contribution in [0.2, 0.25) is 0 Å². The van der Waals surface area contributed by atoms with Crippen LogP contribution < -0.4 is 4.74 Å². The molecule has 1 heterocycles. The number of benzene rings is 1. The number of methoxy groups -OCH3 is 1. The predicted octanol–water partition coefficient (Wildman–Crippen LogP) is 2.42. The molecular weight excluding hydrogens is 242 g/mol. The van der Waals surface area contributed by atoms with Crippen molar-refractivity contribution in [3.05, 3.63) is 60.3 Å². The fourth-order valence-corrected chi connectivity index (χ4v) is 1.73. The van der Waals surface area contributed by atoms with Crippen molar-refractivity contribution in [1.29, 1.82) is 0 Å². The van der Waals surface area contributed by atoms with E-state index < -0.39 is 5.92 Å². The normalized spacial score (nSPS) is 11.6. The highest BCUT2D eigenvalue weighted by molar-refractivity contribution is 5.78. The van der Waals surface area contributed by atoms with E-state index in [-0.39, 0.29) is 12.6 Å². The lowest BCUT2D eigenvalue weighted by Gasteiger charge is -2.15. The Morgan fingerprint density at radius 2 is 1.89 bits per heavy atom. The summed E-state index contributed by atoms with van der Waals surface area (Å²) in [4.78, 5) is 15.9. The second-order valence-electron chi connectivity index (χ2n) is 3.97. The summed E-state index contributed by atoms with van der Waals surface area (Å²) in [6.07, 6.45) is 1.64. The Morgan fingerprint density at radius 1 is 1.16 bits per heavy atom. The maximum absolute atomic E-state index is 11.8. The van der Waals surface area contributed by atoms with Crippen molar-refractivity contribution < 1.29 is 14.3 Å². The number of hydrogen-bond acceptors (Lipinski definition) is 4. The van der Waals surface area contributed by atoms with Crippen LogP contribution in [0.4, 0.5) is 0 Å². The lowest BCUT2D eigenvalue weighted by Crippen LogP contribution is -2.21. The number of carbonyl (C=O) groups excluding carboxylic acids is 1. The molecule has 0 bridgehead atoms. The molecule has 0 aliphatic carbocycles. The Hall–Kier alpha value is -2.36. The Morgan fingerprint density at radius 3 is 2.53 bits per heavy atom. The standard InChI is InChI=1S/C15H15NO3/c1-18-15(17)13(12-7-3-2-4-8-12)11-19-14-9-5-6-10-16-14/h2-10,13H,11H2,1H3. The molecule has 0 radical (unpaired) electrons. The summed E-state index contributed by atoms with van der Waals surface area (Å²) in [5, 5.41) is 0. The first-order valence-electron chi connectivity index (χ1n) is 5.98. The Kier molecular flexibility index (Phi) is 4.50. The van der Waals surface area contributed by atoms with Crippen molar-refractivity contribution in [2.75, 3.05) is 13.7 Å². The topological polar surface area (TPSA) is 48.4 Å². The van der Waals surface area contributed by atoms with E-state index in [4.69, 9.17) is 9.47 Å². The summed E-state index contributed by atoms with van der Waals surface area (Å²) < 4.78 is 10.3. The Bertz CT molecular complexity index is 513. The largest absolute Gasteiger partial charge is 0.476 e. The zero-order valence-electron chi connectivity index (χ0n) is 10.7. The molecule has 98 valence electrons. The monoisotopic (exact) mass is 257 g/mol. The van der Waals surface area contributed by atoms with Crippen molar-refractivity contribution in [2.45, 2.75) is 5.92 Å². The second-order valence-corrected chi connectivity index (χ2v) is 3.97. The van der Waals surface area contributed by atoms with Gasteiger partial charge in [0, 0.05) is 12.3 Å². The van der Waals surface area contributed by atoms with Crippen LogP contribution in [0, 0.1) is 0 Å². The van der Waals surface area contributed by atoms with E-state index in [1.54, 1.807) is 12.3 Å². The molecule has 0 fully saturated rings. The minimum atomic E-state index is -0.451. The molecule has 0 saturated heterocycles. The fraction of sp³-hybridized carbons (Fsp3) is 0.200. The molecule has 1 aromatic carbocycles. The molecule has 0 aliphatic rings. The van der Waals surface area contributed by atoms with Gasteiger partial charge in [-0.3, -0.25) is 4.79 Å². The summed E-state index contributed by atoms with van der Waals surface area (Å²) in [5.74, 6) is -0.275. The number of ether oxygens (including phenoxy) is 2. The molecule has 2 aromatic rings. The van der Waals surface area contributed by atoms with E-state index in [1.807, 2.05) is 42.5 Å². The SMILES string of the molecule is COC(=O)C(COc1ccccn1)c1ccccc1. The average Bonchev–Trinajstić information content (AvgIpc) is 2.49. The van der Waals surface area contributed by atoms with Crippen LogP contribution in [0.5, 0.6) is 5.88 Å². The minimum absolute atomic E-state index is 0.202. The third kappa shape index (κ3) is 3.55. The molecule has 0 spiro atoms. The number of aromatic nitrogens is 1. The van der Waals surface area contributed by atoms with E-state index in [1.165, 1.54) is 7.11 Å². The van der Waals surface area contributed by atoms with Gasteiger partial charge in [0.15, 0.2) is 0 Å². The van der Waals surface area contributed by atoms with Gasteiger partial charge in [-0.2, -0.15) is 0 Å². The lowest BCUT2D eigenvalue weighted by molar-refractivity contribution is -0.143. The smallest absolute Gasteiger partial charge is 0.316 e. The van der Waals surface area contributed by atoms with Gasteiger partial charge in [0.2, 0.25) is 5.88 Å². The van der Waals surface area contributed by atoms with Crippen LogP contribution in [0.15, 0.2) is 54.7 Å². The number of nitrogens with zero attached hydrogens (tertiary/aromatic N) is 1. The third-order valence-electron chi connectivity index (χ3n) is 2.72. The van der Waals surface area contributed by atoms with Crippen molar-refractivity contribution >= 4 is 5.97 Å². The molecule has 1 unspecified atom stereocenters. The van der Waals surface area contributed by atoms with Crippen LogP contribution in [0.1, 0.15) is 11.5 Å². The van der Waals surface area contributed by atoms with Crippen LogP contribution in [0.25, 0.3) is 0 Å². The van der Waals surface area contributed by atoms with Gasteiger partial charge in [0.25, 0.3) is 0 Å². The third-order valence-corrected chi connectivity index (χ3v) is 2.72. The lowest BCUT2D eigenvalue weighted by atomic mass is 10.0. The quantitative estimate of drug-likeness (QED) is 0.772. The summed E-state index contributed by atoms with van der Waals surface area (Å²) >= 11 is 0. The summed E-state index contributed by atoms with van der Waals surface area (Å²) in [5.41, 5.74) is 0.866. The van der Waals surface area contributed by atoms with E-state index in [2.05, 4.69) is 4.98 Å². The summed E-state index contributed by atoms with van der Waals surface area (Å²) in [6, 6.07) is 14.8. The molecule has 0 N–H and O–H groups in total. The first-order valence-corrected chi connectivity index (χ1v) is 5.98. The Labute approximate surface area is 112 Å². The molecule has 0 amide bonds. The highest BCUT2D eigenvalue weighted by atomic mass is 16.5. The maximum Gasteiger partial charge on any atom is 0.316 e. The average molecular weight is 257 g/mol. The van der Waals surface area contributed by atoms with Crippen LogP contribution in [-0.4, -0.2) is 24.7 Å². The van der Waals surface area contributed by atoms with Crippen LogP contribution >= 0.6 is 0 Å². The predicted molar refractivity (Wildman–Crippen MR) is 70.9 cm³/mol. The van der Waals surface area contributed by atoms with E-state index in [0.717, 1.165) is 5.56 Å². The van der Waals surface area contributed by atoms with Gasteiger partial charge in [0.1, 0.15) is 12.5 Å². The highest BCUT2D eigenvalue weighted by Crippen LogP contribution is 2.18. The number of rotatable bonds is 5. The second kappa shape index (κ2) is 6.54. The van der Waals surface area contributed by atoms with Gasteiger partial charge >= 0.3 is 5.97 Å².